The van der Waals surface area contributed by atoms with Gasteiger partial charge >= 0.3 is 0 Å². The smallest absolute Gasteiger partial charge is 0.255 e. The molecule has 182 valence electrons. The van der Waals surface area contributed by atoms with Gasteiger partial charge < -0.3 is 14.5 Å². The van der Waals surface area contributed by atoms with Crippen molar-refractivity contribution in [1.82, 2.24) is 4.98 Å². The number of aromatic nitrogens is 1. The number of carbonyl (C=O) groups is 1. The number of oxazole rings is 1. The number of unbranched alkanes of at least 4 members (excludes halogenated alkanes) is 3. The molecule has 0 bridgehead atoms. The van der Waals surface area contributed by atoms with Crippen LogP contribution in [0.3, 0.4) is 0 Å². The first-order valence-corrected chi connectivity index (χ1v) is 12.6. The summed E-state index contributed by atoms with van der Waals surface area (Å²) in [5.41, 5.74) is 3.37. The van der Waals surface area contributed by atoms with E-state index in [1.54, 1.807) is 12.1 Å². The van der Waals surface area contributed by atoms with Gasteiger partial charge in [-0.2, -0.15) is 0 Å². The van der Waals surface area contributed by atoms with Gasteiger partial charge in [0.1, 0.15) is 11.3 Å². The molecule has 4 aromatic carbocycles. The van der Waals surface area contributed by atoms with Gasteiger partial charge in [-0.15, -0.1) is 0 Å². The maximum atomic E-state index is 12.8. The summed E-state index contributed by atoms with van der Waals surface area (Å²) in [7, 11) is 0. The average Bonchev–Trinajstić information content (AvgIpc) is 3.32. The fourth-order valence-electron chi connectivity index (χ4n) is 4.20. The maximum absolute atomic E-state index is 12.8. The summed E-state index contributed by atoms with van der Waals surface area (Å²) in [5.74, 6) is 1.08. The van der Waals surface area contributed by atoms with Gasteiger partial charge in [-0.05, 0) is 66.4 Å². The highest BCUT2D eigenvalue weighted by Gasteiger charge is 2.14. The van der Waals surface area contributed by atoms with Crippen molar-refractivity contribution in [2.75, 3.05) is 11.9 Å². The van der Waals surface area contributed by atoms with Gasteiger partial charge in [0, 0.05) is 27.2 Å². The predicted octanol–water partition coefficient (Wildman–Crippen LogP) is 8.51. The molecule has 5 rings (SSSR count). The van der Waals surface area contributed by atoms with Crippen molar-refractivity contribution in [3.8, 4) is 17.2 Å². The molecule has 1 aromatic heterocycles. The zero-order valence-electron chi connectivity index (χ0n) is 20.1. The summed E-state index contributed by atoms with van der Waals surface area (Å²) >= 11 is 6.36. The lowest BCUT2D eigenvalue weighted by atomic mass is 10.0. The second-order valence-corrected chi connectivity index (χ2v) is 9.14. The number of benzene rings is 4. The number of ether oxygens (including phenoxy) is 1. The van der Waals surface area contributed by atoms with E-state index in [4.69, 9.17) is 20.8 Å². The number of carbonyl (C=O) groups excluding carboxylic acids is 1. The second kappa shape index (κ2) is 10.8. The number of halogens is 1. The Morgan fingerprint density at radius 3 is 2.58 bits per heavy atom. The molecule has 0 radical (unpaired) electrons. The van der Waals surface area contributed by atoms with Crippen LogP contribution in [0.25, 0.3) is 33.3 Å². The quantitative estimate of drug-likeness (QED) is 0.207. The van der Waals surface area contributed by atoms with E-state index in [1.807, 2.05) is 66.7 Å². The molecule has 0 saturated heterocycles. The van der Waals surface area contributed by atoms with Crippen LogP contribution in [0.15, 0.2) is 83.3 Å². The lowest BCUT2D eigenvalue weighted by Crippen LogP contribution is -2.11. The molecule has 36 heavy (non-hydrogen) atoms. The minimum atomic E-state index is -0.198. The molecule has 0 aliphatic carbocycles. The van der Waals surface area contributed by atoms with E-state index in [1.165, 1.54) is 19.3 Å². The first-order valence-electron chi connectivity index (χ1n) is 12.2. The Kier molecular flexibility index (Phi) is 7.19. The molecule has 0 fully saturated rings. The normalized spacial score (nSPS) is 11.2. The molecule has 1 amide bonds. The van der Waals surface area contributed by atoms with E-state index in [9.17, 15) is 4.79 Å². The second-order valence-electron chi connectivity index (χ2n) is 8.73. The van der Waals surface area contributed by atoms with E-state index in [-0.39, 0.29) is 5.91 Å². The van der Waals surface area contributed by atoms with Gasteiger partial charge in [-0.3, -0.25) is 4.79 Å². The molecular weight excluding hydrogens is 472 g/mol. The Morgan fingerprint density at radius 1 is 0.944 bits per heavy atom. The van der Waals surface area contributed by atoms with Gasteiger partial charge in [-0.1, -0.05) is 62.1 Å². The molecule has 0 aliphatic heterocycles. The van der Waals surface area contributed by atoms with Crippen molar-refractivity contribution in [2.45, 2.75) is 32.6 Å². The molecule has 0 unspecified atom stereocenters. The number of hydrogen-bond acceptors (Lipinski definition) is 4. The Morgan fingerprint density at radius 2 is 1.75 bits per heavy atom. The van der Waals surface area contributed by atoms with Gasteiger partial charge in [0.2, 0.25) is 5.89 Å². The van der Waals surface area contributed by atoms with Gasteiger partial charge in [0.25, 0.3) is 5.91 Å². The summed E-state index contributed by atoms with van der Waals surface area (Å²) in [6, 6.07) is 24.3. The molecule has 0 atom stereocenters. The lowest BCUT2D eigenvalue weighted by Gasteiger charge is -2.08. The number of fused-ring (bicyclic) bond motifs is 2. The van der Waals surface area contributed by atoms with Crippen LogP contribution in [0.4, 0.5) is 5.69 Å². The molecule has 6 heteroatoms. The van der Waals surface area contributed by atoms with Crippen LogP contribution >= 0.6 is 11.6 Å². The summed E-state index contributed by atoms with van der Waals surface area (Å²) in [6.07, 6.45) is 4.64. The van der Waals surface area contributed by atoms with Crippen molar-refractivity contribution >= 4 is 45.1 Å². The van der Waals surface area contributed by atoms with E-state index in [0.717, 1.165) is 28.5 Å². The number of rotatable bonds is 9. The highest BCUT2D eigenvalue weighted by molar-refractivity contribution is 6.35. The molecular formula is C30H27ClN2O3. The molecule has 5 nitrogen and oxygen atoms in total. The van der Waals surface area contributed by atoms with Crippen LogP contribution in [-0.2, 0) is 0 Å². The monoisotopic (exact) mass is 498 g/mol. The van der Waals surface area contributed by atoms with Crippen LogP contribution in [0.2, 0.25) is 5.02 Å². The zero-order valence-corrected chi connectivity index (χ0v) is 20.8. The minimum absolute atomic E-state index is 0.198. The van der Waals surface area contributed by atoms with E-state index < -0.39 is 0 Å². The highest BCUT2D eigenvalue weighted by atomic mass is 35.5. The number of nitrogens with one attached hydrogen (secondary N) is 1. The van der Waals surface area contributed by atoms with Gasteiger partial charge in [0.05, 0.1) is 6.61 Å². The summed E-state index contributed by atoms with van der Waals surface area (Å²) in [5, 5.41) is 5.54. The molecule has 0 spiro atoms. The maximum Gasteiger partial charge on any atom is 0.255 e. The Bertz CT molecular complexity index is 1510. The largest absolute Gasteiger partial charge is 0.494 e. The highest BCUT2D eigenvalue weighted by Crippen LogP contribution is 2.34. The molecule has 5 aromatic rings. The zero-order chi connectivity index (χ0) is 24.9. The predicted molar refractivity (Wildman–Crippen MR) is 146 cm³/mol. The molecule has 0 aliphatic rings. The first-order chi connectivity index (χ1) is 17.6. The Hall–Kier alpha value is -3.83. The molecule has 0 saturated carbocycles. The fraction of sp³-hybridized carbons (Fsp3) is 0.200. The van der Waals surface area contributed by atoms with Gasteiger partial charge in [0.15, 0.2) is 5.58 Å². The van der Waals surface area contributed by atoms with Crippen LogP contribution in [-0.4, -0.2) is 17.5 Å². The van der Waals surface area contributed by atoms with Crippen molar-refractivity contribution < 1.29 is 13.9 Å². The lowest BCUT2D eigenvalue weighted by molar-refractivity contribution is 0.102. The average molecular weight is 499 g/mol. The summed E-state index contributed by atoms with van der Waals surface area (Å²) < 4.78 is 11.8. The number of anilines is 1. The molecule has 1 N–H and O–H groups in total. The van der Waals surface area contributed by atoms with Crippen molar-refractivity contribution in [3.63, 3.8) is 0 Å². The van der Waals surface area contributed by atoms with Crippen molar-refractivity contribution in [2.24, 2.45) is 0 Å². The third-order valence-electron chi connectivity index (χ3n) is 6.13. The van der Waals surface area contributed by atoms with Crippen LogP contribution in [0.1, 0.15) is 43.0 Å². The SMILES string of the molecule is CCCCCCOc1ccc(C(=O)Nc2ccc3oc(-c4cccc5c(Cl)cccc45)nc3c2)cc1. The van der Waals surface area contributed by atoms with E-state index in [0.29, 0.717) is 39.9 Å². The third-order valence-corrected chi connectivity index (χ3v) is 6.46. The van der Waals surface area contributed by atoms with Crippen molar-refractivity contribution in [1.29, 1.82) is 0 Å². The Balaban J connectivity index is 1.29. The van der Waals surface area contributed by atoms with E-state index >= 15 is 0 Å². The third kappa shape index (κ3) is 5.21. The Labute approximate surface area is 215 Å². The number of amides is 1. The first kappa shape index (κ1) is 23.9. The standard InChI is InChI=1S/C30H27ClN2O3/c1-2-3-4-5-18-35-22-15-12-20(13-16-22)29(34)32-21-14-17-28-27(19-21)33-30(36-28)25-10-6-9-24-23(25)8-7-11-26(24)31/h6-17,19H,2-5,18H2,1H3,(H,32,34). The minimum Gasteiger partial charge on any atom is -0.494 e. The van der Waals surface area contributed by atoms with Crippen LogP contribution in [0.5, 0.6) is 5.75 Å². The fourth-order valence-corrected chi connectivity index (χ4v) is 4.44. The molecule has 1 heterocycles. The number of nitrogens with zero attached hydrogens (tertiary/aromatic N) is 1. The number of hydrogen-bond donors (Lipinski definition) is 1. The van der Waals surface area contributed by atoms with Gasteiger partial charge in [-0.25, -0.2) is 4.98 Å². The topological polar surface area (TPSA) is 64.4 Å². The summed E-state index contributed by atoms with van der Waals surface area (Å²) in [6.45, 7) is 2.88. The van der Waals surface area contributed by atoms with Crippen molar-refractivity contribution in [3.05, 3.63) is 89.4 Å². The van der Waals surface area contributed by atoms with E-state index in [2.05, 4.69) is 17.2 Å². The van der Waals surface area contributed by atoms with Crippen LogP contribution in [0, 0.1) is 0 Å². The van der Waals surface area contributed by atoms with Crippen LogP contribution < -0.4 is 10.1 Å². The summed E-state index contributed by atoms with van der Waals surface area (Å²) in [4.78, 5) is 17.5.